The van der Waals surface area contributed by atoms with Gasteiger partial charge in [-0.2, -0.15) is 0 Å². The molecule has 0 radical (unpaired) electrons. The maximum atomic E-state index is 13.3. The van der Waals surface area contributed by atoms with Crippen molar-refractivity contribution in [2.24, 2.45) is 7.05 Å². The molecule has 3 N–H and O–H groups in total. The van der Waals surface area contributed by atoms with Gasteiger partial charge in [-0.05, 0) is 37.1 Å². The Hall–Kier alpha value is -4.62. The molecular weight excluding hydrogens is 613 g/mol. The van der Waals surface area contributed by atoms with Gasteiger partial charge in [-0.1, -0.05) is 41.4 Å². The summed E-state index contributed by atoms with van der Waals surface area (Å²) in [6, 6.07) is 10.3. The highest BCUT2D eigenvalue weighted by Gasteiger charge is 2.30. The number of carbonyl (C=O) groups excluding carboxylic acids is 3. The van der Waals surface area contributed by atoms with Crippen LogP contribution in [-0.2, 0) is 23.0 Å². The molecular formula is C29H29Cl2N7O6. The third-order valence-corrected chi connectivity index (χ3v) is 8.27. The van der Waals surface area contributed by atoms with Crippen molar-refractivity contribution in [1.82, 2.24) is 29.3 Å². The smallest absolute Gasteiger partial charge is 0.346 e. The molecule has 1 saturated heterocycles. The number of nitrogens with zero attached hydrogens (tertiary/aromatic N) is 4. The number of benzene rings is 2. The molecule has 0 aliphatic carbocycles. The third-order valence-electron chi connectivity index (χ3n) is 7.64. The number of methoxy groups -OCH3 is 1. The number of urea groups is 1. The second kappa shape index (κ2) is 12.9. The number of hydrogen-bond donors (Lipinski definition) is 3. The molecule has 1 aliphatic heterocycles. The number of carbonyl (C=O) groups is 3. The highest BCUT2D eigenvalue weighted by atomic mass is 35.5. The number of piperidine rings is 1. The predicted octanol–water partition coefficient (Wildman–Crippen LogP) is 3.11. The van der Waals surface area contributed by atoms with Crippen molar-refractivity contribution >= 4 is 58.0 Å². The number of aromatic nitrogens is 4. The quantitative estimate of drug-likeness (QED) is 0.261. The number of hydrogen-bond acceptors (Lipinski definition) is 7. The number of ether oxygens (including phenoxy) is 1. The Balaban J connectivity index is 1.29. The summed E-state index contributed by atoms with van der Waals surface area (Å²) in [5, 5.41) is 5.45. The SMILES string of the molecule is COC(=O)C(Cc1cnc(=O)[nH]c1NC(=O)c1c(Cl)cccc1Cl)NC(=O)N1CCC(n2c(=O)n(C)c3ccccc32)CC1. The van der Waals surface area contributed by atoms with Crippen molar-refractivity contribution in [3.63, 3.8) is 0 Å². The van der Waals surface area contributed by atoms with Crippen LogP contribution in [0.1, 0.15) is 34.8 Å². The molecule has 5 rings (SSSR count). The lowest BCUT2D eigenvalue weighted by Gasteiger charge is -2.33. The molecule has 4 aromatic rings. The van der Waals surface area contributed by atoms with Gasteiger partial charge in [0.25, 0.3) is 5.91 Å². The van der Waals surface area contributed by atoms with Crippen molar-refractivity contribution in [2.45, 2.75) is 31.3 Å². The molecule has 0 bridgehead atoms. The van der Waals surface area contributed by atoms with Crippen LogP contribution in [0, 0.1) is 0 Å². The lowest BCUT2D eigenvalue weighted by molar-refractivity contribution is -0.142. The van der Waals surface area contributed by atoms with Crippen molar-refractivity contribution in [1.29, 1.82) is 0 Å². The number of anilines is 1. The molecule has 2 aromatic heterocycles. The van der Waals surface area contributed by atoms with Crippen LogP contribution >= 0.6 is 23.2 Å². The highest BCUT2D eigenvalue weighted by molar-refractivity contribution is 6.40. The summed E-state index contributed by atoms with van der Waals surface area (Å²) in [7, 11) is 2.92. The van der Waals surface area contributed by atoms with Crippen LogP contribution in [0.15, 0.2) is 58.3 Å². The minimum absolute atomic E-state index is 0.00793. The number of halogens is 2. The fraction of sp³-hybridized carbons (Fsp3) is 0.310. The summed E-state index contributed by atoms with van der Waals surface area (Å²) >= 11 is 12.3. The summed E-state index contributed by atoms with van der Waals surface area (Å²) in [6.07, 6.45) is 2.10. The number of nitrogens with one attached hydrogen (secondary N) is 3. The first-order valence-electron chi connectivity index (χ1n) is 13.7. The zero-order chi connectivity index (χ0) is 31.5. The Labute approximate surface area is 260 Å². The maximum Gasteiger partial charge on any atom is 0.346 e. The summed E-state index contributed by atoms with van der Waals surface area (Å²) in [6.45, 7) is 0.695. The van der Waals surface area contributed by atoms with Crippen LogP contribution in [0.5, 0.6) is 0 Å². The lowest BCUT2D eigenvalue weighted by Crippen LogP contribution is -2.51. The van der Waals surface area contributed by atoms with E-state index in [9.17, 15) is 24.0 Å². The van der Waals surface area contributed by atoms with E-state index >= 15 is 0 Å². The van der Waals surface area contributed by atoms with E-state index in [0.29, 0.717) is 25.9 Å². The number of fused-ring (bicyclic) bond motifs is 1. The molecule has 15 heteroatoms. The van der Waals surface area contributed by atoms with Crippen LogP contribution < -0.4 is 22.0 Å². The number of aromatic amines is 1. The van der Waals surface area contributed by atoms with Crippen LogP contribution in [0.2, 0.25) is 10.0 Å². The van der Waals surface area contributed by atoms with Crippen molar-refractivity contribution in [2.75, 3.05) is 25.5 Å². The molecule has 3 heterocycles. The first-order chi connectivity index (χ1) is 21.1. The fourth-order valence-corrected chi connectivity index (χ4v) is 5.94. The minimum atomic E-state index is -1.18. The molecule has 1 unspecified atom stereocenters. The van der Waals surface area contributed by atoms with E-state index < -0.39 is 29.6 Å². The average Bonchev–Trinajstić information content (AvgIpc) is 3.26. The first-order valence-corrected chi connectivity index (χ1v) is 14.5. The zero-order valence-corrected chi connectivity index (χ0v) is 25.3. The molecule has 44 heavy (non-hydrogen) atoms. The van der Waals surface area contributed by atoms with Gasteiger partial charge in [0, 0.05) is 44.4 Å². The van der Waals surface area contributed by atoms with Gasteiger partial charge in [0.15, 0.2) is 0 Å². The number of rotatable bonds is 7. The molecule has 0 spiro atoms. The van der Waals surface area contributed by atoms with Crippen LogP contribution in [0.4, 0.5) is 10.6 Å². The first kappa shape index (κ1) is 30.8. The number of imidazole rings is 1. The van der Waals surface area contributed by atoms with Gasteiger partial charge in [-0.3, -0.25) is 18.9 Å². The van der Waals surface area contributed by atoms with Gasteiger partial charge < -0.3 is 20.3 Å². The zero-order valence-electron chi connectivity index (χ0n) is 23.8. The van der Waals surface area contributed by atoms with Crippen molar-refractivity contribution in [3.8, 4) is 0 Å². The number of esters is 1. The Morgan fingerprint density at radius 2 is 1.70 bits per heavy atom. The number of aryl methyl sites for hydroxylation is 1. The molecule has 1 fully saturated rings. The Kier molecular flexibility index (Phi) is 9.06. The number of para-hydroxylation sites is 2. The Bertz CT molecular complexity index is 1840. The maximum absolute atomic E-state index is 13.3. The number of H-pyrrole nitrogens is 1. The Morgan fingerprint density at radius 1 is 1.05 bits per heavy atom. The second-order valence-electron chi connectivity index (χ2n) is 10.3. The summed E-state index contributed by atoms with van der Waals surface area (Å²) in [4.78, 5) is 71.7. The summed E-state index contributed by atoms with van der Waals surface area (Å²) < 4.78 is 8.31. The number of amides is 3. The van der Waals surface area contributed by atoms with Crippen molar-refractivity contribution < 1.29 is 19.1 Å². The van der Waals surface area contributed by atoms with E-state index in [1.54, 1.807) is 27.1 Å². The molecule has 13 nitrogen and oxygen atoms in total. The van der Waals surface area contributed by atoms with Gasteiger partial charge >= 0.3 is 23.4 Å². The highest BCUT2D eigenvalue weighted by Crippen LogP contribution is 2.27. The van der Waals surface area contributed by atoms with Gasteiger partial charge in [-0.15, -0.1) is 0 Å². The Morgan fingerprint density at radius 3 is 2.36 bits per heavy atom. The number of likely N-dealkylation sites (tertiary alicyclic amines) is 1. The van der Waals surface area contributed by atoms with Gasteiger partial charge in [0.1, 0.15) is 11.9 Å². The molecule has 1 atom stereocenters. The summed E-state index contributed by atoms with van der Waals surface area (Å²) in [5.41, 5.74) is 1.04. The largest absolute Gasteiger partial charge is 0.467 e. The molecule has 0 saturated carbocycles. The average molecular weight is 642 g/mol. The van der Waals surface area contributed by atoms with E-state index in [1.807, 2.05) is 24.3 Å². The van der Waals surface area contributed by atoms with Gasteiger partial charge in [0.05, 0.1) is 33.8 Å². The van der Waals surface area contributed by atoms with Crippen LogP contribution in [0.25, 0.3) is 11.0 Å². The summed E-state index contributed by atoms with van der Waals surface area (Å²) in [5.74, 6) is -1.49. The second-order valence-corrected chi connectivity index (χ2v) is 11.1. The standard InChI is InChI=1S/C29H29Cl2N7O6/c1-36-21-8-3-4-9-22(21)38(29(36)43)17-10-12-37(13-11-17)28(42)33-20(26(40)44-2)14-16-15-32-27(41)35-24(16)34-25(39)23-18(30)6-5-7-19(23)31/h3-9,15,17,20H,10-14H2,1-2H3,(H,33,42)(H2,32,34,35,39,41). The van der Waals surface area contributed by atoms with E-state index in [0.717, 1.165) is 11.0 Å². The van der Waals surface area contributed by atoms with Gasteiger partial charge in [0.2, 0.25) is 0 Å². The van der Waals surface area contributed by atoms with Crippen LogP contribution in [-0.4, -0.2) is 68.2 Å². The van der Waals surface area contributed by atoms with E-state index in [4.69, 9.17) is 27.9 Å². The van der Waals surface area contributed by atoms with Crippen LogP contribution in [0.3, 0.4) is 0 Å². The lowest BCUT2D eigenvalue weighted by atomic mass is 10.0. The topological polar surface area (TPSA) is 160 Å². The fourth-order valence-electron chi connectivity index (χ4n) is 5.37. The van der Waals surface area contributed by atoms with Crippen molar-refractivity contribution in [3.05, 3.63) is 90.8 Å². The van der Waals surface area contributed by atoms with E-state index in [1.165, 1.54) is 25.4 Å². The predicted molar refractivity (Wildman–Crippen MR) is 164 cm³/mol. The molecule has 2 aromatic carbocycles. The van der Waals surface area contributed by atoms with E-state index in [-0.39, 0.29) is 45.1 Å². The normalized spacial score (nSPS) is 14.3. The minimum Gasteiger partial charge on any atom is -0.467 e. The monoisotopic (exact) mass is 641 g/mol. The molecule has 1 aliphatic rings. The van der Waals surface area contributed by atoms with Gasteiger partial charge in [-0.25, -0.2) is 24.2 Å². The third kappa shape index (κ3) is 6.19. The molecule has 230 valence electrons. The molecule has 3 amide bonds. The van der Waals surface area contributed by atoms with E-state index in [2.05, 4.69) is 20.6 Å².